The van der Waals surface area contributed by atoms with Crippen molar-refractivity contribution < 1.29 is 14.3 Å². The second kappa shape index (κ2) is 8.28. The zero-order valence-electron chi connectivity index (χ0n) is 19.2. The maximum Gasteiger partial charge on any atom is 0.238 e. The quantitative estimate of drug-likeness (QED) is 0.444. The van der Waals surface area contributed by atoms with Crippen LogP contribution in [0.5, 0.6) is 5.75 Å². The largest absolute Gasteiger partial charge is 0.494 e. The number of amides is 2. The first-order valence-electron chi connectivity index (χ1n) is 12.1. The van der Waals surface area contributed by atoms with Crippen LogP contribution in [0.2, 0.25) is 0 Å². The standard InChI is InChI=1S/C30H27NO3/c1-2-17-34-22-15-13-21(14-16-22)31-29(32)27-23-18-24(28(27)30(31)33)26(20-11-7-4-8-12-20)25(23)19-9-5-3-6-10-19/h3-16,23-24,27-28H,2,17-18H2,1H3/t23-,24-,27+,28+/m1/s1. The highest BCUT2D eigenvalue weighted by Crippen LogP contribution is 2.63. The first-order chi connectivity index (χ1) is 16.7. The van der Waals surface area contributed by atoms with Crippen LogP contribution in [0.1, 0.15) is 30.9 Å². The highest BCUT2D eigenvalue weighted by Gasteiger charge is 2.64. The van der Waals surface area contributed by atoms with Crippen LogP contribution < -0.4 is 9.64 Å². The van der Waals surface area contributed by atoms with E-state index in [1.54, 1.807) is 0 Å². The van der Waals surface area contributed by atoms with Crippen molar-refractivity contribution in [1.29, 1.82) is 0 Å². The monoisotopic (exact) mass is 449 g/mol. The molecule has 170 valence electrons. The number of carbonyl (C=O) groups excluding carboxylic acids is 2. The van der Waals surface area contributed by atoms with Crippen molar-refractivity contribution in [2.75, 3.05) is 11.5 Å². The number of carbonyl (C=O) groups is 2. The fraction of sp³-hybridized carbons (Fsp3) is 0.267. The molecular weight excluding hydrogens is 422 g/mol. The number of hydrogen-bond acceptors (Lipinski definition) is 3. The number of fused-ring (bicyclic) bond motifs is 5. The van der Waals surface area contributed by atoms with E-state index in [0.717, 1.165) is 29.7 Å². The van der Waals surface area contributed by atoms with Crippen molar-refractivity contribution in [2.24, 2.45) is 23.7 Å². The van der Waals surface area contributed by atoms with E-state index in [-0.39, 0.29) is 35.5 Å². The second-order valence-corrected chi connectivity index (χ2v) is 9.41. The van der Waals surface area contributed by atoms with Gasteiger partial charge in [-0.1, -0.05) is 67.6 Å². The summed E-state index contributed by atoms with van der Waals surface area (Å²) in [6, 6.07) is 28.1. The van der Waals surface area contributed by atoms with Crippen LogP contribution >= 0.6 is 0 Å². The van der Waals surface area contributed by atoms with Gasteiger partial charge in [0.05, 0.1) is 24.1 Å². The number of benzene rings is 3. The molecule has 4 heteroatoms. The van der Waals surface area contributed by atoms with Crippen molar-refractivity contribution in [3.63, 3.8) is 0 Å². The maximum absolute atomic E-state index is 13.7. The molecule has 4 atom stereocenters. The highest BCUT2D eigenvalue weighted by atomic mass is 16.5. The van der Waals surface area contributed by atoms with Gasteiger partial charge in [-0.25, -0.2) is 0 Å². The van der Waals surface area contributed by atoms with Gasteiger partial charge >= 0.3 is 0 Å². The molecule has 1 saturated heterocycles. The number of nitrogens with zero attached hydrogens (tertiary/aromatic N) is 1. The molecule has 0 unspecified atom stereocenters. The lowest BCUT2D eigenvalue weighted by molar-refractivity contribution is -0.123. The van der Waals surface area contributed by atoms with Crippen LogP contribution in [0.15, 0.2) is 84.9 Å². The third kappa shape index (κ3) is 3.12. The third-order valence-electron chi connectivity index (χ3n) is 7.54. The van der Waals surface area contributed by atoms with Crippen LogP contribution in [0.25, 0.3) is 11.1 Å². The number of allylic oxidation sites excluding steroid dienone is 2. The van der Waals surface area contributed by atoms with Crippen molar-refractivity contribution in [1.82, 2.24) is 0 Å². The molecule has 1 saturated carbocycles. The Kier molecular flexibility index (Phi) is 5.09. The Morgan fingerprint density at radius 1 is 0.735 bits per heavy atom. The summed E-state index contributed by atoms with van der Waals surface area (Å²) in [6.07, 6.45) is 1.79. The maximum atomic E-state index is 13.7. The van der Waals surface area contributed by atoms with Gasteiger partial charge in [0.25, 0.3) is 0 Å². The summed E-state index contributed by atoms with van der Waals surface area (Å²) in [5.74, 6) is 0.148. The average molecular weight is 450 g/mol. The van der Waals surface area contributed by atoms with E-state index >= 15 is 0 Å². The molecule has 2 bridgehead atoms. The normalized spacial score (nSPS) is 25.3. The van der Waals surface area contributed by atoms with Crippen molar-refractivity contribution in [3.8, 4) is 5.75 Å². The van der Waals surface area contributed by atoms with Crippen LogP contribution in [-0.2, 0) is 9.59 Å². The highest BCUT2D eigenvalue weighted by molar-refractivity contribution is 6.24. The minimum atomic E-state index is -0.295. The van der Waals surface area contributed by atoms with Crippen LogP contribution in [0.3, 0.4) is 0 Å². The molecule has 0 N–H and O–H groups in total. The molecule has 0 spiro atoms. The molecule has 1 aliphatic heterocycles. The van der Waals surface area contributed by atoms with E-state index in [1.165, 1.54) is 16.0 Å². The summed E-state index contributed by atoms with van der Waals surface area (Å²) in [5, 5.41) is 0. The molecular formula is C30H27NO3. The molecule has 0 aromatic heterocycles. The van der Waals surface area contributed by atoms with E-state index in [9.17, 15) is 9.59 Å². The zero-order valence-corrected chi connectivity index (χ0v) is 19.2. The van der Waals surface area contributed by atoms with E-state index < -0.39 is 0 Å². The van der Waals surface area contributed by atoms with Crippen LogP contribution in [0.4, 0.5) is 5.69 Å². The minimum Gasteiger partial charge on any atom is -0.494 e. The van der Waals surface area contributed by atoms with Gasteiger partial charge in [0.15, 0.2) is 0 Å². The van der Waals surface area contributed by atoms with Gasteiger partial charge in [0, 0.05) is 0 Å². The zero-order chi connectivity index (χ0) is 23.2. The van der Waals surface area contributed by atoms with Crippen molar-refractivity contribution in [3.05, 3.63) is 96.1 Å². The fourth-order valence-electron chi connectivity index (χ4n) is 6.26. The van der Waals surface area contributed by atoms with E-state index in [1.807, 2.05) is 60.7 Å². The van der Waals surface area contributed by atoms with Gasteiger partial charge in [-0.15, -0.1) is 0 Å². The molecule has 3 aromatic rings. The van der Waals surface area contributed by atoms with Gasteiger partial charge < -0.3 is 4.74 Å². The second-order valence-electron chi connectivity index (χ2n) is 9.41. The van der Waals surface area contributed by atoms with Gasteiger partial charge in [0.2, 0.25) is 11.8 Å². The van der Waals surface area contributed by atoms with Crippen LogP contribution in [0, 0.1) is 23.7 Å². The van der Waals surface area contributed by atoms with E-state index in [0.29, 0.717) is 12.3 Å². The van der Waals surface area contributed by atoms with Gasteiger partial charge in [0.1, 0.15) is 5.75 Å². The molecule has 0 radical (unpaired) electrons. The summed E-state index contributed by atoms with van der Waals surface area (Å²) in [4.78, 5) is 28.9. The number of hydrogen-bond donors (Lipinski definition) is 0. The fourth-order valence-corrected chi connectivity index (χ4v) is 6.26. The summed E-state index contributed by atoms with van der Waals surface area (Å²) >= 11 is 0. The molecule has 34 heavy (non-hydrogen) atoms. The summed E-state index contributed by atoms with van der Waals surface area (Å²) in [7, 11) is 0. The van der Waals surface area contributed by atoms with E-state index in [2.05, 4.69) is 31.2 Å². The number of rotatable bonds is 6. The number of ether oxygens (including phenoxy) is 1. The molecule has 2 fully saturated rings. The number of anilines is 1. The Morgan fingerprint density at radius 2 is 1.24 bits per heavy atom. The first-order valence-corrected chi connectivity index (χ1v) is 12.1. The van der Waals surface area contributed by atoms with Crippen molar-refractivity contribution in [2.45, 2.75) is 19.8 Å². The predicted octanol–water partition coefficient (Wildman–Crippen LogP) is 5.84. The SMILES string of the molecule is CCCOc1ccc(N2C(=O)[C@@H]3[C@@H](C2=O)[C@@H]2C[C@@H]3C(c3ccccc3)=C2c2ccccc2)cc1. The Balaban J connectivity index is 1.39. The number of imide groups is 1. The topological polar surface area (TPSA) is 46.6 Å². The van der Waals surface area contributed by atoms with Gasteiger partial charge in [-0.05, 0) is 71.2 Å². The lowest BCUT2D eigenvalue weighted by atomic mass is 9.73. The van der Waals surface area contributed by atoms with E-state index in [4.69, 9.17) is 4.74 Å². The smallest absolute Gasteiger partial charge is 0.238 e. The Bertz CT molecular complexity index is 1190. The lowest BCUT2D eigenvalue weighted by Gasteiger charge is -2.27. The Hall–Kier alpha value is -3.66. The average Bonchev–Trinajstić information content (AvgIpc) is 3.53. The molecule has 3 aliphatic rings. The lowest BCUT2D eigenvalue weighted by Crippen LogP contribution is -2.32. The van der Waals surface area contributed by atoms with Crippen molar-refractivity contribution >= 4 is 28.6 Å². The molecule has 6 rings (SSSR count). The molecule has 2 aliphatic carbocycles. The summed E-state index contributed by atoms with van der Waals surface area (Å²) < 4.78 is 5.68. The summed E-state index contributed by atoms with van der Waals surface area (Å²) in [6.45, 7) is 2.70. The molecule has 4 nitrogen and oxygen atoms in total. The molecule has 2 amide bonds. The Morgan fingerprint density at radius 3 is 1.71 bits per heavy atom. The first kappa shape index (κ1) is 20.9. The Labute approximate surface area is 199 Å². The molecule has 1 heterocycles. The summed E-state index contributed by atoms with van der Waals surface area (Å²) in [5.41, 5.74) is 5.43. The van der Waals surface area contributed by atoms with Gasteiger partial charge in [-0.2, -0.15) is 0 Å². The molecule has 3 aromatic carbocycles. The van der Waals surface area contributed by atoms with Crippen LogP contribution in [-0.4, -0.2) is 18.4 Å². The van der Waals surface area contributed by atoms with Gasteiger partial charge in [-0.3, -0.25) is 14.5 Å². The minimum absolute atomic E-state index is 0.0567. The third-order valence-corrected chi connectivity index (χ3v) is 7.54. The predicted molar refractivity (Wildman–Crippen MR) is 133 cm³/mol.